The minimum atomic E-state index is -0.807. The predicted octanol–water partition coefficient (Wildman–Crippen LogP) is 2.06. The van der Waals surface area contributed by atoms with Gasteiger partial charge in [0, 0.05) is 12.6 Å². The molecule has 16 heavy (non-hydrogen) atoms. The molecule has 0 amide bonds. The van der Waals surface area contributed by atoms with Gasteiger partial charge in [0.2, 0.25) is 0 Å². The number of nitrogens with zero attached hydrogens (tertiary/aromatic N) is 1. The van der Waals surface area contributed by atoms with Crippen molar-refractivity contribution in [1.29, 1.82) is 0 Å². The average molecular weight is 226 g/mol. The van der Waals surface area contributed by atoms with Crippen molar-refractivity contribution in [2.45, 2.75) is 25.4 Å². The van der Waals surface area contributed by atoms with Gasteiger partial charge in [0.1, 0.15) is 0 Å². The molecular weight excluding hydrogens is 210 g/mol. The van der Waals surface area contributed by atoms with Crippen LogP contribution in [0.15, 0.2) is 18.2 Å². The molecule has 4 heteroatoms. The minimum absolute atomic E-state index is 0.00445. The van der Waals surface area contributed by atoms with E-state index < -0.39 is 11.6 Å². The first-order valence-electron chi connectivity index (χ1n) is 5.58. The lowest BCUT2D eigenvalue weighted by Gasteiger charge is -2.25. The molecule has 2 N–H and O–H groups in total. The SMILES string of the molecule is CCN1CC[C@H](N)[C@H]1c1ccc(F)c(F)c1. The van der Waals surface area contributed by atoms with E-state index in [1.807, 2.05) is 6.92 Å². The summed E-state index contributed by atoms with van der Waals surface area (Å²) in [5.74, 6) is -1.61. The fourth-order valence-electron chi connectivity index (χ4n) is 2.39. The van der Waals surface area contributed by atoms with Crippen LogP contribution in [-0.4, -0.2) is 24.0 Å². The molecule has 88 valence electrons. The van der Waals surface area contributed by atoms with Crippen LogP contribution in [0, 0.1) is 11.6 Å². The van der Waals surface area contributed by atoms with Crippen molar-refractivity contribution in [1.82, 2.24) is 4.90 Å². The Morgan fingerprint density at radius 3 is 2.75 bits per heavy atom. The maximum atomic E-state index is 13.2. The molecule has 0 spiro atoms. The van der Waals surface area contributed by atoms with Gasteiger partial charge in [0.05, 0.1) is 6.04 Å². The zero-order chi connectivity index (χ0) is 11.7. The summed E-state index contributed by atoms with van der Waals surface area (Å²) in [6.07, 6.45) is 0.900. The molecule has 1 aromatic rings. The molecule has 1 aromatic carbocycles. The molecule has 2 nitrogen and oxygen atoms in total. The van der Waals surface area contributed by atoms with E-state index in [0.717, 1.165) is 25.1 Å². The Balaban J connectivity index is 2.31. The highest BCUT2D eigenvalue weighted by Crippen LogP contribution is 2.31. The number of hydrogen-bond donors (Lipinski definition) is 1. The number of halogens is 2. The van der Waals surface area contributed by atoms with Crippen LogP contribution >= 0.6 is 0 Å². The van der Waals surface area contributed by atoms with E-state index in [4.69, 9.17) is 5.73 Å². The van der Waals surface area contributed by atoms with Crippen molar-refractivity contribution >= 4 is 0 Å². The maximum absolute atomic E-state index is 13.2. The number of hydrogen-bond acceptors (Lipinski definition) is 2. The molecule has 2 atom stereocenters. The van der Waals surface area contributed by atoms with Gasteiger partial charge in [-0.05, 0) is 30.7 Å². The highest BCUT2D eigenvalue weighted by molar-refractivity contribution is 5.24. The Bertz CT molecular complexity index is 381. The van der Waals surface area contributed by atoms with Crippen LogP contribution in [0.2, 0.25) is 0 Å². The highest BCUT2D eigenvalue weighted by atomic mass is 19.2. The molecular formula is C12H16F2N2. The molecule has 0 aliphatic carbocycles. The predicted molar refractivity (Wildman–Crippen MR) is 58.9 cm³/mol. The fourth-order valence-corrected chi connectivity index (χ4v) is 2.39. The minimum Gasteiger partial charge on any atom is -0.326 e. The van der Waals surface area contributed by atoms with Crippen LogP contribution in [0.4, 0.5) is 8.78 Å². The molecule has 0 saturated carbocycles. The zero-order valence-electron chi connectivity index (χ0n) is 9.29. The molecule has 0 unspecified atom stereocenters. The van der Waals surface area contributed by atoms with Gasteiger partial charge in [-0.3, -0.25) is 4.90 Å². The normalized spacial score (nSPS) is 26.2. The third-order valence-electron chi connectivity index (χ3n) is 3.24. The Kier molecular flexibility index (Phi) is 3.21. The van der Waals surface area contributed by atoms with Crippen LogP contribution < -0.4 is 5.73 Å². The van der Waals surface area contributed by atoms with Gasteiger partial charge in [-0.1, -0.05) is 13.0 Å². The van der Waals surface area contributed by atoms with E-state index in [1.54, 1.807) is 6.07 Å². The van der Waals surface area contributed by atoms with E-state index in [0.29, 0.717) is 0 Å². The number of nitrogens with two attached hydrogens (primary N) is 1. The van der Waals surface area contributed by atoms with Crippen molar-refractivity contribution in [3.05, 3.63) is 35.4 Å². The summed E-state index contributed by atoms with van der Waals surface area (Å²) in [6.45, 7) is 3.84. The Hall–Kier alpha value is -1.00. The maximum Gasteiger partial charge on any atom is 0.159 e. The van der Waals surface area contributed by atoms with Gasteiger partial charge in [0.15, 0.2) is 11.6 Å². The first kappa shape index (κ1) is 11.5. The summed E-state index contributed by atoms with van der Waals surface area (Å²) >= 11 is 0. The van der Waals surface area contributed by atoms with Crippen molar-refractivity contribution in [2.75, 3.05) is 13.1 Å². The van der Waals surface area contributed by atoms with Gasteiger partial charge in [-0.25, -0.2) is 8.78 Å². The smallest absolute Gasteiger partial charge is 0.159 e. The summed E-state index contributed by atoms with van der Waals surface area (Å²) in [5.41, 5.74) is 6.78. The van der Waals surface area contributed by atoms with Gasteiger partial charge in [-0.2, -0.15) is 0 Å². The van der Waals surface area contributed by atoms with Crippen LogP contribution in [0.3, 0.4) is 0 Å². The second kappa shape index (κ2) is 4.47. The van der Waals surface area contributed by atoms with E-state index in [2.05, 4.69) is 4.90 Å². The van der Waals surface area contributed by atoms with Crippen molar-refractivity contribution < 1.29 is 8.78 Å². The van der Waals surface area contributed by atoms with Crippen molar-refractivity contribution in [2.24, 2.45) is 5.73 Å². The molecule has 1 aliphatic heterocycles. The zero-order valence-corrected chi connectivity index (χ0v) is 9.29. The van der Waals surface area contributed by atoms with Crippen LogP contribution in [0.5, 0.6) is 0 Å². The van der Waals surface area contributed by atoms with Gasteiger partial charge in [0.25, 0.3) is 0 Å². The fraction of sp³-hybridized carbons (Fsp3) is 0.500. The van der Waals surface area contributed by atoms with E-state index in [9.17, 15) is 8.78 Å². The lowest BCUT2D eigenvalue weighted by molar-refractivity contribution is 0.260. The molecule has 1 fully saturated rings. The number of likely N-dealkylation sites (tertiary alicyclic amines) is 1. The topological polar surface area (TPSA) is 29.3 Å². The monoisotopic (exact) mass is 226 g/mol. The summed E-state index contributed by atoms with van der Waals surface area (Å²) in [7, 11) is 0. The number of benzene rings is 1. The summed E-state index contributed by atoms with van der Waals surface area (Å²) in [6, 6.07) is 4.07. The molecule has 1 saturated heterocycles. The molecule has 0 bridgehead atoms. The van der Waals surface area contributed by atoms with Crippen molar-refractivity contribution in [3.8, 4) is 0 Å². The van der Waals surface area contributed by atoms with Crippen molar-refractivity contribution in [3.63, 3.8) is 0 Å². The van der Waals surface area contributed by atoms with E-state index in [1.165, 1.54) is 12.1 Å². The Morgan fingerprint density at radius 2 is 2.12 bits per heavy atom. The quantitative estimate of drug-likeness (QED) is 0.836. The van der Waals surface area contributed by atoms with Crippen LogP contribution in [0.1, 0.15) is 24.9 Å². The average Bonchev–Trinajstić information content (AvgIpc) is 2.64. The Morgan fingerprint density at radius 1 is 1.38 bits per heavy atom. The standard InChI is InChI=1S/C12H16F2N2/c1-2-16-6-5-11(15)12(16)8-3-4-9(13)10(14)7-8/h3-4,7,11-12H,2,5-6,15H2,1H3/t11-,12+/m0/s1. The van der Waals surface area contributed by atoms with Gasteiger partial charge >= 0.3 is 0 Å². The van der Waals surface area contributed by atoms with Crippen LogP contribution in [-0.2, 0) is 0 Å². The highest BCUT2D eigenvalue weighted by Gasteiger charge is 2.32. The van der Waals surface area contributed by atoms with E-state index >= 15 is 0 Å². The summed E-state index contributed by atoms with van der Waals surface area (Å²) in [4.78, 5) is 2.19. The molecule has 2 rings (SSSR count). The molecule has 1 heterocycles. The van der Waals surface area contributed by atoms with Gasteiger partial charge in [-0.15, -0.1) is 0 Å². The molecule has 0 radical (unpaired) electrons. The third-order valence-corrected chi connectivity index (χ3v) is 3.24. The largest absolute Gasteiger partial charge is 0.326 e. The summed E-state index contributed by atoms with van der Waals surface area (Å²) < 4.78 is 26.0. The van der Waals surface area contributed by atoms with Crippen LogP contribution in [0.25, 0.3) is 0 Å². The Labute approximate surface area is 94.0 Å². The number of rotatable bonds is 2. The molecule has 1 aliphatic rings. The second-order valence-corrected chi connectivity index (χ2v) is 4.20. The lowest BCUT2D eigenvalue weighted by Crippen LogP contribution is -2.31. The van der Waals surface area contributed by atoms with E-state index in [-0.39, 0.29) is 12.1 Å². The first-order valence-corrected chi connectivity index (χ1v) is 5.58. The number of likely N-dealkylation sites (N-methyl/N-ethyl adjacent to an activating group) is 1. The first-order chi connectivity index (χ1) is 7.63. The van der Waals surface area contributed by atoms with Gasteiger partial charge < -0.3 is 5.73 Å². The lowest BCUT2D eigenvalue weighted by atomic mass is 10.0. The second-order valence-electron chi connectivity index (χ2n) is 4.20. The third kappa shape index (κ3) is 1.95. The summed E-state index contributed by atoms with van der Waals surface area (Å²) in [5, 5.41) is 0. The molecule has 0 aromatic heterocycles.